The predicted octanol–water partition coefficient (Wildman–Crippen LogP) is 4.32. The SMILES string of the molecule is CC(C)C1CCN(CC2CCCCC2)CC1.CC(C)O. The van der Waals surface area contributed by atoms with Gasteiger partial charge in [-0.1, -0.05) is 33.1 Å². The van der Waals surface area contributed by atoms with Gasteiger partial charge in [-0.3, -0.25) is 0 Å². The van der Waals surface area contributed by atoms with E-state index >= 15 is 0 Å². The van der Waals surface area contributed by atoms with Crippen molar-refractivity contribution in [2.45, 2.75) is 78.7 Å². The highest BCUT2D eigenvalue weighted by Crippen LogP contribution is 2.28. The fourth-order valence-corrected chi connectivity index (χ4v) is 3.54. The van der Waals surface area contributed by atoms with Crippen LogP contribution >= 0.6 is 0 Å². The van der Waals surface area contributed by atoms with Crippen molar-refractivity contribution in [3.63, 3.8) is 0 Å². The molecular weight excluding hydrogens is 246 g/mol. The Balaban J connectivity index is 0.000000444. The van der Waals surface area contributed by atoms with E-state index in [9.17, 15) is 0 Å². The maximum absolute atomic E-state index is 8.06. The standard InChI is InChI=1S/C15H29N.C3H8O/c1-13(2)15-8-10-16(11-9-15)12-14-6-4-3-5-7-14;1-3(2)4/h13-15H,3-12H2,1-2H3;3-4H,1-2H3. The summed E-state index contributed by atoms with van der Waals surface area (Å²) in [6, 6.07) is 0. The molecular formula is C18H37NO. The van der Waals surface area contributed by atoms with Crippen LogP contribution < -0.4 is 0 Å². The van der Waals surface area contributed by atoms with E-state index in [0.29, 0.717) is 0 Å². The van der Waals surface area contributed by atoms with E-state index in [1.807, 2.05) is 0 Å². The molecule has 1 heterocycles. The average Bonchev–Trinajstić information content (AvgIpc) is 2.40. The minimum Gasteiger partial charge on any atom is -0.394 e. The minimum atomic E-state index is -0.167. The lowest BCUT2D eigenvalue weighted by molar-refractivity contribution is 0.128. The Hall–Kier alpha value is -0.0800. The van der Waals surface area contributed by atoms with Crippen LogP contribution in [0.1, 0.15) is 72.6 Å². The van der Waals surface area contributed by atoms with Gasteiger partial charge in [-0.15, -0.1) is 0 Å². The van der Waals surface area contributed by atoms with Crippen LogP contribution in [0.2, 0.25) is 0 Å². The number of hydrogen-bond donors (Lipinski definition) is 1. The molecule has 0 aromatic heterocycles. The van der Waals surface area contributed by atoms with Crippen molar-refractivity contribution < 1.29 is 5.11 Å². The molecule has 1 aliphatic carbocycles. The van der Waals surface area contributed by atoms with Crippen molar-refractivity contribution in [1.29, 1.82) is 0 Å². The second kappa shape index (κ2) is 9.78. The monoisotopic (exact) mass is 283 g/mol. The first-order valence-corrected chi connectivity index (χ1v) is 8.89. The van der Waals surface area contributed by atoms with Crippen LogP contribution in [-0.4, -0.2) is 35.7 Å². The summed E-state index contributed by atoms with van der Waals surface area (Å²) in [4.78, 5) is 2.74. The molecule has 120 valence electrons. The van der Waals surface area contributed by atoms with E-state index in [4.69, 9.17) is 5.11 Å². The third-order valence-electron chi connectivity index (χ3n) is 4.82. The molecule has 0 atom stereocenters. The van der Waals surface area contributed by atoms with Gasteiger partial charge in [-0.05, 0) is 70.4 Å². The lowest BCUT2D eigenvalue weighted by Crippen LogP contribution is -2.38. The number of aliphatic hydroxyl groups is 1. The summed E-state index contributed by atoms with van der Waals surface area (Å²) in [5.74, 6) is 2.93. The van der Waals surface area contributed by atoms with Gasteiger partial charge in [0.2, 0.25) is 0 Å². The van der Waals surface area contributed by atoms with Gasteiger partial charge in [0.05, 0.1) is 0 Å². The molecule has 2 heteroatoms. The van der Waals surface area contributed by atoms with Crippen molar-refractivity contribution >= 4 is 0 Å². The normalized spacial score (nSPS) is 22.9. The lowest BCUT2D eigenvalue weighted by Gasteiger charge is -2.36. The van der Waals surface area contributed by atoms with E-state index in [1.54, 1.807) is 13.8 Å². The van der Waals surface area contributed by atoms with E-state index in [0.717, 1.165) is 17.8 Å². The van der Waals surface area contributed by atoms with Gasteiger partial charge in [-0.2, -0.15) is 0 Å². The Morgan fingerprint density at radius 2 is 1.40 bits per heavy atom. The summed E-state index contributed by atoms with van der Waals surface area (Å²) in [5, 5.41) is 8.06. The molecule has 1 N–H and O–H groups in total. The molecule has 20 heavy (non-hydrogen) atoms. The van der Waals surface area contributed by atoms with Crippen LogP contribution in [0.5, 0.6) is 0 Å². The van der Waals surface area contributed by atoms with Crippen LogP contribution in [0.15, 0.2) is 0 Å². The zero-order valence-electron chi connectivity index (χ0n) is 14.3. The minimum absolute atomic E-state index is 0.167. The number of aliphatic hydroxyl groups excluding tert-OH is 1. The Kier molecular flexibility index (Phi) is 8.79. The van der Waals surface area contributed by atoms with Crippen molar-refractivity contribution in [2.75, 3.05) is 19.6 Å². The Morgan fingerprint density at radius 1 is 0.900 bits per heavy atom. The number of hydrogen-bond acceptors (Lipinski definition) is 2. The highest BCUT2D eigenvalue weighted by atomic mass is 16.3. The first-order chi connectivity index (χ1) is 9.49. The molecule has 2 fully saturated rings. The third kappa shape index (κ3) is 7.64. The van der Waals surface area contributed by atoms with E-state index in [1.165, 1.54) is 64.6 Å². The molecule has 0 unspecified atom stereocenters. The number of piperidine rings is 1. The second-order valence-electron chi connectivity index (χ2n) is 7.48. The molecule has 1 aliphatic heterocycles. The van der Waals surface area contributed by atoms with E-state index in [2.05, 4.69) is 18.7 Å². The quantitative estimate of drug-likeness (QED) is 0.833. The molecule has 2 rings (SSSR count). The Bertz CT molecular complexity index is 223. The van der Waals surface area contributed by atoms with Crippen LogP contribution in [0.3, 0.4) is 0 Å². The zero-order chi connectivity index (χ0) is 15.0. The molecule has 0 radical (unpaired) electrons. The van der Waals surface area contributed by atoms with Crippen molar-refractivity contribution in [3.05, 3.63) is 0 Å². The molecule has 0 aromatic carbocycles. The second-order valence-corrected chi connectivity index (χ2v) is 7.48. The molecule has 0 amide bonds. The Morgan fingerprint density at radius 3 is 1.85 bits per heavy atom. The van der Waals surface area contributed by atoms with Crippen molar-refractivity contribution in [3.8, 4) is 0 Å². The fourth-order valence-electron chi connectivity index (χ4n) is 3.54. The lowest BCUT2D eigenvalue weighted by atomic mass is 9.85. The molecule has 2 nitrogen and oxygen atoms in total. The topological polar surface area (TPSA) is 23.5 Å². The maximum atomic E-state index is 8.06. The van der Waals surface area contributed by atoms with Crippen LogP contribution in [-0.2, 0) is 0 Å². The van der Waals surface area contributed by atoms with Gasteiger partial charge >= 0.3 is 0 Å². The first kappa shape index (κ1) is 18.0. The van der Waals surface area contributed by atoms with Gasteiger partial charge < -0.3 is 10.0 Å². The molecule has 1 saturated carbocycles. The van der Waals surface area contributed by atoms with Crippen LogP contribution in [0.4, 0.5) is 0 Å². The summed E-state index contributed by atoms with van der Waals surface area (Å²) in [7, 11) is 0. The first-order valence-electron chi connectivity index (χ1n) is 8.89. The molecule has 0 aromatic rings. The van der Waals surface area contributed by atoms with E-state index < -0.39 is 0 Å². The van der Waals surface area contributed by atoms with Gasteiger partial charge in [-0.25, -0.2) is 0 Å². The Labute approximate surface area is 126 Å². The van der Waals surface area contributed by atoms with Crippen molar-refractivity contribution in [1.82, 2.24) is 4.90 Å². The fraction of sp³-hybridized carbons (Fsp3) is 1.00. The highest BCUT2D eigenvalue weighted by Gasteiger charge is 2.23. The summed E-state index contributed by atoms with van der Waals surface area (Å²) < 4.78 is 0. The molecule has 0 bridgehead atoms. The van der Waals surface area contributed by atoms with Crippen molar-refractivity contribution in [2.24, 2.45) is 17.8 Å². The van der Waals surface area contributed by atoms with Crippen LogP contribution in [0.25, 0.3) is 0 Å². The molecule has 0 spiro atoms. The zero-order valence-corrected chi connectivity index (χ0v) is 14.3. The number of nitrogens with zero attached hydrogens (tertiary/aromatic N) is 1. The van der Waals surface area contributed by atoms with Gasteiger partial charge in [0.15, 0.2) is 0 Å². The molecule has 1 saturated heterocycles. The number of rotatable bonds is 3. The predicted molar refractivity (Wildman–Crippen MR) is 87.9 cm³/mol. The summed E-state index contributed by atoms with van der Waals surface area (Å²) in [5.41, 5.74) is 0. The maximum Gasteiger partial charge on any atom is 0.0483 e. The number of likely N-dealkylation sites (tertiary alicyclic amines) is 1. The van der Waals surface area contributed by atoms with Gasteiger partial charge in [0.25, 0.3) is 0 Å². The average molecular weight is 283 g/mol. The van der Waals surface area contributed by atoms with E-state index in [-0.39, 0.29) is 6.10 Å². The summed E-state index contributed by atoms with van der Waals surface area (Å²) >= 11 is 0. The van der Waals surface area contributed by atoms with Gasteiger partial charge in [0, 0.05) is 12.6 Å². The highest BCUT2D eigenvalue weighted by molar-refractivity contribution is 4.77. The smallest absolute Gasteiger partial charge is 0.0483 e. The van der Waals surface area contributed by atoms with Crippen LogP contribution in [0, 0.1) is 17.8 Å². The summed E-state index contributed by atoms with van der Waals surface area (Å²) in [6.07, 6.45) is 10.2. The third-order valence-corrected chi connectivity index (χ3v) is 4.82. The largest absolute Gasteiger partial charge is 0.394 e. The summed E-state index contributed by atoms with van der Waals surface area (Å²) in [6.45, 7) is 12.4. The van der Waals surface area contributed by atoms with Gasteiger partial charge in [0.1, 0.15) is 0 Å². The molecule has 2 aliphatic rings.